The highest BCUT2D eigenvalue weighted by atomic mass is 35.5. The fourth-order valence-corrected chi connectivity index (χ4v) is 7.10. The number of methoxy groups -OCH3 is 1. The van der Waals surface area contributed by atoms with E-state index >= 15 is 0 Å². The Morgan fingerprint density at radius 1 is 0.933 bits per heavy atom. The Kier molecular flexibility index (Phi) is 10.7. The number of benzene rings is 3. The van der Waals surface area contributed by atoms with Crippen molar-refractivity contribution in [2.45, 2.75) is 30.6 Å². The number of esters is 1. The Balaban J connectivity index is 1.26. The first-order valence-electron chi connectivity index (χ1n) is 14.2. The molecule has 8 nitrogen and oxygen atoms in total. The molecule has 0 unspecified atom stereocenters. The Labute approximate surface area is 274 Å². The number of fused-ring (bicyclic) bond motifs is 1. The summed E-state index contributed by atoms with van der Waals surface area (Å²) in [5.74, 6) is -1.57. The normalized spacial score (nSPS) is 12.5. The first-order chi connectivity index (χ1) is 21.8. The fraction of sp³-hybridized carbons (Fsp3) is 0.176. The van der Waals surface area contributed by atoms with Gasteiger partial charge in [-0.1, -0.05) is 48.0 Å². The summed E-state index contributed by atoms with van der Waals surface area (Å²) in [6.07, 6.45) is 5.29. The second-order valence-electron chi connectivity index (χ2n) is 10.2. The van der Waals surface area contributed by atoms with Crippen molar-refractivity contribution in [3.8, 4) is 0 Å². The van der Waals surface area contributed by atoms with E-state index in [0.29, 0.717) is 32.4 Å². The molecule has 0 aliphatic heterocycles. The Bertz CT molecular complexity index is 1770. The molecule has 0 bridgehead atoms. The van der Waals surface area contributed by atoms with E-state index in [1.54, 1.807) is 78.9 Å². The van der Waals surface area contributed by atoms with Crippen LogP contribution in [0.2, 0.25) is 5.02 Å². The highest BCUT2D eigenvalue weighted by molar-refractivity contribution is 8.00. The van der Waals surface area contributed by atoms with E-state index in [-0.39, 0.29) is 17.4 Å². The summed E-state index contributed by atoms with van der Waals surface area (Å²) in [7, 11) is 1.34. The SMILES string of the molecule is COC(=O)c1c(NC(=O)CSc2cccc(NC(=O)/C(=C/c3cccc(Cl)c3)NC(=O)c3ccccc3)c2)sc2c1CCCC2. The van der Waals surface area contributed by atoms with Crippen molar-refractivity contribution < 1.29 is 23.9 Å². The van der Waals surface area contributed by atoms with Gasteiger partial charge in [0.15, 0.2) is 0 Å². The molecule has 0 spiro atoms. The van der Waals surface area contributed by atoms with Gasteiger partial charge >= 0.3 is 5.97 Å². The van der Waals surface area contributed by atoms with Gasteiger partial charge in [-0.25, -0.2) is 4.79 Å². The molecule has 3 aromatic carbocycles. The van der Waals surface area contributed by atoms with Crippen LogP contribution in [-0.2, 0) is 27.2 Å². The van der Waals surface area contributed by atoms with Crippen molar-refractivity contribution >= 4 is 75.2 Å². The molecule has 0 saturated carbocycles. The molecule has 1 aliphatic carbocycles. The quantitative estimate of drug-likeness (QED) is 0.0942. The van der Waals surface area contributed by atoms with Crippen molar-refractivity contribution in [1.29, 1.82) is 0 Å². The second kappa shape index (κ2) is 15.1. The van der Waals surface area contributed by atoms with Gasteiger partial charge in [-0.05, 0) is 85.4 Å². The highest BCUT2D eigenvalue weighted by Crippen LogP contribution is 2.38. The molecule has 4 aromatic rings. The van der Waals surface area contributed by atoms with Crippen LogP contribution < -0.4 is 16.0 Å². The minimum Gasteiger partial charge on any atom is -0.465 e. The molecule has 0 saturated heterocycles. The lowest BCUT2D eigenvalue weighted by Gasteiger charge is -2.12. The van der Waals surface area contributed by atoms with Crippen LogP contribution in [-0.4, -0.2) is 36.6 Å². The number of hydrogen-bond donors (Lipinski definition) is 3. The van der Waals surface area contributed by atoms with Crippen LogP contribution in [0.1, 0.15) is 49.6 Å². The smallest absolute Gasteiger partial charge is 0.341 e. The van der Waals surface area contributed by atoms with E-state index in [1.165, 1.54) is 30.2 Å². The molecule has 0 radical (unpaired) electrons. The van der Waals surface area contributed by atoms with Gasteiger partial charge < -0.3 is 20.7 Å². The molecule has 11 heteroatoms. The van der Waals surface area contributed by atoms with Crippen LogP contribution in [0.15, 0.2) is 89.5 Å². The summed E-state index contributed by atoms with van der Waals surface area (Å²) in [6.45, 7) is 0. The van der Waals surface area contributed by atoms with E-state index in [2.05, 4.69) is 16.0 Å². The monoisotopic (exact) mass is 659 g/mol. The predicted molar refractivity (Wildman–Crippen MR) is 180 cm³/mol. The number of halogens is 1. The van der Waals surface area contributed by atoms with Crippen LogP contribution in [0.5, 0.6) is 0 Å². The first kappa shape index (κ1) is 32.0. The molecular formula is C34H30ClN3O5S2. The third-order valence-corrected chi connectivity index (χ3v) is 9.40. The van der Waals surface area contributed by atoms with Crippen LogP contribution in [0.4, 0.5) is 10.7 Å². The molecule has 230 valence electrons. The van der Waals surface area contributed by atoms with Crippen LogP contribution in [0.25, 0.3) is 6.08 Å². The molecule has 3 N–H and O–H groups in total. The number of carbonyl (C=O) groups is 4. The summed E-state index contributed by atoms with van der Waals surface area (Å²) in [4.78, 5) is 53.6. The van der Waals surface area contributed by atoms with Crippen molar-refractivity contribution in [3.63, 3.8) is 0 Å². The third-order valence-electron chi connectivity index (χ3n) is 6.96. The fourth-order valence-electron chi connectivity index (χ4n) is 4.85. The van der Waals surface area contributed by atoms with E-state index in [1.807, 2.05) is 6.07 Å². The van der Waals surface area contributed by atoms with Gasteiger partial charge in [0.1, 0.15) is 10.7 Å². The Hall–Kier alpha value is -4.38. The summed E-state index contributed by atoms with van der Waals surface area (Å²) in [5.41, 5.74) is 2.99. The number of thioether (sulfide) groups is 1. The van der Waals surface area contributed by atoms with E-state index in [4.69, 9.17) is 16.3 Å². The summed E-state index contributed by atoms with van der Waals surface area (Å²) in [6, 6.07) is 22.6. The standard InChI is InChI=1S/C34H30ClN3O5S2/c1-43-34(42)30-26-15-5-6-16-28(26)45-33(30)38-29(39)20-44-25-14-8-13-24(19-25)36-32(41)27(18-21-9-7-12-23(35)17-21)37-31(40)22-10-3-2-4-11-22/h2-4,7-14,17-19H,5-6,15-16,20H2,1H3,(H,36,41)(H,37,40)(H,38,39)/b27-18-. The number of ether oxygens (including phenoxy) is 1. The van der Waals surface area contributed by atoms with Crippen molar-refractivity contribution in [3.05, 3.63) is 117 Å². The lowest BCUT2D eigenvalue weighted by molar-refractivity contribution is -0.114. The molecular weight excluding hydrogens is 630 g/mol. The number of aryl methyl sites for hydroxylation is 1. The number of rotatable bonds is 10. The zero-order valence-corrected chi connectivity index (χ0v) is 26.7. The van der Waals surface area contributed by atoms with E-state index < -0.39 is 17.8 Å². The molecule has 0 fully saturated rings. The molecule has 3 amide bonds. The van der Waals surface area contributed by atoms with Gasteiger partial charge in [0.2, 0.25) is 5.91 Å². The third kappa shape index (κ3) is 8.42. The van der Waals surface area contributed by atoms with Crippen molar-refractivity contribution in [2.24, 2.45) is 0 Å². The van der Waals surface area contributed by atoms with Gasteiger partial charge in [-0.15, -0.1) is 23.1 Å². The number of carbonyl (C=O) groups excluding carboxylic acids is 4. The number of amides is 3. The number of hydrogen-bond acceptors (Lipinski definition) is 7. The van der Waals surface area contributed by atoms with E-state index in [9.17, 15) is 19.2 Å². The number of anilines is 2. The maximum absolute atomic E-state index is 13.4. The predicted octanol–water partition coefficient (Wildman–Crippen LogP) is 7.21. The van der Waals surface area contributed by atoms with Gasteiger partial charge in [0.05, 0.1) is 18.4 Å². The second-order valence-corrected chi connectivity index (χ2v) is 12.7. The largest absolute Gasteiger partial charge is 0.465 e. The molecule has 1 aromatic heterocycles. The average Bonchev–Trinajstić information content (AvgIpc) is 3.41. The summed E-state index contributed by atoms with van der Waals surface area (Å²) in [5, 5.41) is 9.47. The minimum atomic E-state index is -0.531. The van der Waals surface area contributed by atoms with Crippen molar-refractivity contribution in [1.82, 2.24) is 5.32 Å². The zero-order valence-electron chi connectivity index (χ0n) is 24.4. The Morgan fingerprint density at radius 2 is 1.71 bits per heavy atom. The summed E-state index contributed by atoms with van der Waals surface area (Å²) < 4.78 is 5.00. The van der Waals surface area contributed by atoms with Gasteiger partial charge in [0.25, 0.3) is 11.8 Å². The van der Waals surface area contributed by atoms with E-state index in [0.717, 1.165) is 41.0 Å². The molecule has 0 atom stereocenters. The highest BCUT2D eigenvalue weighted by Gasteiger charge is 2.27. The average molecular weight is 660 g/mol. The van der Waals surface area contributed by atoms with Gasteiger partial charge in [-0.2, -0.15) is 0 Å². The molecule has 1 aliphatic rings. The summed E-state index contributed by atoms with van der Waals surface area (Å²) >= 11 is 8.87. The molecule has 45 heavy (non-hydrogen) atoms. The minimum absolute atomic E-state index is 0.0311. The number of thiophene rings is 1. The molecule has 1 heterocycles. The lowest BCUT2D eigenvalue weighted by atomic mass is 9.95. The maximum Gasteiger partial charge on any atom is 0.341 e. The number of nitrogens with one attached hydrogen (secondary N) is 3. The Morgan fingerprint density at radius 3 is 2.49 bits per heavy atom. The zero-order chi connectivity index (χ0) is 31.8. The van der Waals surface area contributed by atoms with Gasteiger partial charge in [-0.3, -0.25) is 14.4 Å². The van der Waals surface area contributed by atoms with Crippen LogP contribution in [0.3, 0.4) is 0 Å². The van der Waals surface area contributed by atoms with Crippen molar-refractivity contribution in [2.75, 3.05) is 23.5 Å². The lowest BCUT2D eigenvalue weighted by Crippen LogP contribution is -2.30. The maximum atomic E-state index is 13.4. The first-order valence-corrected chi connectivity index (χ1v) is 16.4. The van der Waals surface area contributed by atoms with Crippen LogP contribution >= 0.6 is 34.7 Å². The molecule has 5 rings (SSSR count). The topological polar surface area (TPSA) is 114 Å². The van der Waals surface area contributed by atoms with Gasteiger partial charge in [0, 0.05) is 26.0 Å². The van der Waals surface area contributed by atoms with Crippen LogP contribution in [0, 0.1) is 0 Å².